The Morgan fingerprint density at radius 1 is 1.16 bits per heavy atom. The molecule has 0 saturated carbocycles. The summed E-state index contributed by atoms with van der Waals surface area (Å²) in [4.78, 5) is 1.10. The van der Waals surface area contributed by atoms with Gasteiger partial charge in [-0.25, -0.2) is 13.1 Å². The Morgan fingerprint density at radius 3 is 2.16 bits per heavy atom. The van der Waals surface area contributed by atoms with E-state index >= 15 is 0 Å². The van der Waals surface area contributed by atoms with Gasteiger partial charge in [-0.15, -0.1) is 11.3 Å². The number of hydrogen-bond donors (Lipinski definition) is 1. The van der Waals surface area contributed by atoms with Crippen molar-refractivity contribution < 1.29 is 8.42 Å². The number of nitrogens with one attached hydrogen (secondary N) is 1. The van der Waals surface area contributed by atoms with Gasteiger partial charge in [-0.2, -0.15) is 0 Å². The maximum atomic E-state index is 12.2. The van der Waals surface area contributed by atoms with Crippen molar-refractivity contribution in [3.63, 3.8) is 0 Å². The van der Waals surface area contributed by atoms with Gasteiger partial charge in [0.25, 0.3) is 0 Å². The van der Waals surface area contributed by atoms with E-state index in [4.69, 9.17) is 0 Å². The van der Waals surface area contributed by atoms with Gasteiger partial charge in [0.1, 0.15) is 4.21 Å². The minimum atomic E-state index is -3.34. The van der Waals surface area contributed by atoms with Crippen LogP contribution in [0.3, 0.4) is 0 Å². The zero-order valence-corrected chi connectivity index (χ0v) is 14.1. The summed E-state index contributed by atoms with van der Waals surface area (Å²) in [5, 5.41) is 0. The summed E-state index contributed by atoms with van der Waals surface area (Å²) in [6.45, 7) is 11.1. The Morgan fingerprint density at radius 2 is 1.74 bits per heavy atom. The lowest BCUT2D eigenvalue weighted by molar-refractivity contribution is 0.289. The number of aryl methyl sites for hydroxylation is 1. The highest BCUT2D eigenvalue weighted by molar-refractivity contribution is 7.91. The molecule has 0 aliphatic heterocycles. The van der Waals surface area contributed by atoms with Gasteiger partial charge in [0.2, 0.25) is 10.0 Å². The van der Waals surface area contributed by atoms with Gasteiger partial charge >= 0.3 is 0 Å². The molecule has 1 aromatic rings. The summed E-state index contributed by atoms with van der Waals surface area (Å²) < 4.78 is 27.6. The Bertz CT molecular complexity index is 481. The van der Waals surface area contributed by atoms with E-state index in [0.29, 0.717) is 28.5 Å². The zero-order valence-electron chi connectivity index (χ0n) is 12.4. The van der Waals surface area contributed by atoms with Crippen molar-refractivity contribution in [3.8, 4) is 0 Å². The van der Waals surface area contributed by atoms with Crippen LogP contribution in [0, 0.1) is 17.8 Å². The quantitative estimate of drug-likeness (QED) is 0.837. The van der Waals surface area contributed by atoms with E-state index in [2.05, 4.69) is 32.4 Å². The Hall–Kier alpha value is -0.390. The third-order valence-electron chi connectivity index (χ3n) is 3.47. The smallest absolute Gasteiger partial charge is 0.210 e. The minimum absolute atomic E-state index is 0.361. The Balaban J connectivity index is 2.74. The molecule has 0 atom stereocenters. The molecular weight excluding hydrogens is 278 g/mol. The van der Waals surface area contributed by atoms with Crippen LogP contribution in [0.5, 0.6) is 0 Å². The molecule has 0 unspecified atom stereocenters. The summed E-state index contributed by atoms with van der Waals surface area (Å²) in [5.41, 5.74) is 0. The highest BCUT2D eigenvalue weighted by Crippen LogP contribution is 2.24. The molecule has 1 N–H and O–H groups in total. The van der Waals surface area contributed by atoms with Crippen LogP contribution in [0.25, 0.3) is 0 Å². The lowest BCUT2D eigenvalue weighted by atomic mass is 9.86. The van der Waals surface area contributed by atoms with Crippen LogP contribution in [0.15, 0.2) is 16.3 Å². The number of hydrogen-bond acceptors (Lipinski definition) is 3. The molecule has 3 nitrogen and oxygen atoms in total. The average molecular weight is 303 g/mol. The van der Waals surface area contributed by atoms with Crippen molar-refractivity contribution in [2.24, 2.45) is 17.8 Å². The van der Waals surface area contributed by atoms with Crippen LogP contribution < -0.4 is 4.72 Å². The first-order valence-corrected chi connectivity index (χ1v) is 9.16. The van der Waals surface area contributed by atoms with Crippen LogP contribution in [-0.4, -0.2) is 15.0 Å². The van der Waals surface area contributed by atoms with Crippen molar-refractivity contribution in [1.29, 1.82) is 0 Å². The van der Waals surface area contributed by atoms with E-state index in [1.807, 2.05) is 13.0 Å². The lowest BCUT2D eigenvalue weighted by Gasteiger charge is -2.24. The molecule has 0 saturated heterocycles. The van der Waals surface area contributed by atoms with Crippen molar-refractivity contribution >= 4 is 21.4 Å². The first kappa shape index (κ1) is 16.7. The summed E-state index contributed by atoms with van der Waals surface area (Å²) in [7, 11) is -3.34. The monoisotopic (exact) mass is 303 g/mol. The standard InChI is InChI=1S/C14H25NO2S2/c1-6-12-7-8-14(18-12)19(16,17)15-9-13(10(2)3)11(4)5/h7-8,10-11,13,15H,6,9H2,1-5H3. The molecule has 5 heteroatoms. The first-order chi connectivity index (χ1) is 8.77. The van der Waals surface area contributed by atoms with E-state index < -0.39 is 10.0 Å². The van der Waals surface area contributed by atoms with Gasteiger partial charge in [-0.3, -0.25) is 0 Å². The predicted molar refractivity (Wildman–Crippen MR) is 82.1 cm³/mol. The molecule has 1 heterocycles. The highest BCUT2D eigenvalue weighted by atomic mass is 32.2. The third kappa shape index (κ3) is 4.58. The molecule has 0 aliphatic rings. The molecule has 0 fully saturated rings. The van der Waals surface area contributed by atoms with Crippen molar-refractivity contribution in [3.05, 3.63) is 17.0 Å². The molecular formula is C14H25NO2S2. The van der Waals surface area contributed by atoms with Crippen molar-refractivity contribution in [2.45, 2.75) is 45.2 Å². The minimum Gasteiger partial charge on any atom is -0.210 e. The Kier molecular flexibility index (Phi) is 6.02. The fraction of sp³-hybridized carbons (Fsp3) is 0.714. The van der Waals surface area contributed by atoms with E-state index in [1.165, 1.54) is 11.3 Å². The van der Waals surface area contributed by atoms with Crippen LogP contribution in [0.1, 0.15) is 39.5 Å². The number of rotatable bonds is 7. The SMILES string of the molecule is CCc1ccc(S(=O)(=O)NCC(C(C)C)C(C)C)s1. The molecule has 19 heavy (non-hydrogen) atoms. The molecule has 0 aliphatic carbocycles. The molecule has 0 bridgehead atoms. The molecule has 1 aromatic heterocycles. The average Bonchev–Trinajstić information content (AvgIpc) is 2.77. The van der Waals surface area contributed by atoms with E-state index in [-0.39, 0.29) is 0 Å². The van der Waals surface area contributed by atoms with Crippen molar-refractivity contribution in [2.75, 3.05) is 6.54 Å². The van der Waals surface area contributed by atoms with Gasteiger partial charge in [-0.05, 0) is 36.3 Å². The second kappa shape index (κ2) is 6.86. The fourth-order valence-electron chi connectivity index (χ4n) is 2.21. The van der Waals surface area contributed by atoms with Crippen LogP contribution in [0.4, 0.5) is 0 Å². The summed E-state index contributed by atoms with van der Waals surface area (Å²) in [5.74, 6) is 1.30. The van der Waals surface area contributed by atoms with Gasteiger partial charge in [0, 0.05) is 11.4 Å². The highest BCUT2D eigenvalue weighted by Gasteiger charge is 2.22. The fourth-order valence-corrected chi connectivity index (χ4v) is 4.62. The first-order valence-electron chi connectivity index (χ1n) is 6.86. The summed E-state index contributed by atoms with van der Waals surface area (Å²) >= 11 is 1.36. The number of thiophene rings is 1. The topological polar surface area (TPSA) is 46.2 Å². The second-order valence-corrected chi connectivity index (χ2v) is 8.74. The predicted octanol–water partition coefficient (Wildman–Crippen LogP) is 3.52. The van der Waals surface area contributed by atoms with Crippen LogP contribution >= 0.6 is 11.3 Å². The van der Waals surface area contributed by atoms with Gasteiger partial charge in [0.15, 0.2) is 0 Å². The normalized spacial score (nSPS) is 12.8. The van der Waals surface area contributed by atoms with Gasteiger partial charge in [0.05, 0.1) is 0 Å². The lowest BCUT2D eigenvalue weighted by Crippen LogP contribution is -2.33. The zero-order chi connectivity index (χ0) is 14.6. The third-order valence-corrected chi connectivity index (χ3v) is 6.62. The van der Waals surface area contributed by atoms with Crippen LogP contribution in [0.2, 0.25) is 0 Å². The second-order valence-electron chi connectivity index (χ2n) is 5.58. The van der Waals surface area contributed by atoms with E-state index in [1.54, 1.807) is 6.07 Å². The molecule has 0 radical (unpaired) electrons. The van der Waals surface area contributed by atoms with Crippen molar-refractivity contribution in [1.82, 2.24) is 4.72 Å². The maximum Gasteiger partial charge on any atom is 0.250 e. The summed E-state index contributed by atoms with van der Waals surface area (Å²) in [6.07, 6.45) is 0.876. The summed E-state index contributed by atoms with van der Waals surface area (Å²) in [6, 6.07) is 3.59. The molecule has 0 amide bonds. The van der Waals surface area contributed by atoms with E-state index in [9.17, 15) is 8.42 Å². The number of sulfonamides is 1. The molecule has 0 spiro atoms. The molecule has 0 aromatic carbocycles. The van der Waals surface area contributed by atoms with Crippen LogP contribution in [-0.2, 0) is 16.4 Å². The largest absolute Gasteiger partial charge is 0.250 e. The maximum absolute atomic E-state index is 12.2. The van der Waals surface area contributed by atoms with E-state index in [0.717, 1.165) is 11.3 Å². The molecule has 110 valence electrons. The molecule has 1 rings (SSSR count). The van der Waals surface area contributed by atoms with Gasteiger partial charge < -0.3 is 0 Å². The van der Waals surface area contributed by atoms with Gasteiger partial charge in [-0.1, -0.05) is 34.6 Å². The Labute approximate surface area is 121 Å².